The van der Waals surface area contributed by atoms with Crippen molar-refractivity contribution in [2.24, 2.45) is 0 Å². The maximum atomic E-state index is 9.41. The van der Waals surface area contributed by atoms with Crippen molar-refractivity contribution in [2.45, 2.75) is 0 Å². The molecule has 0 saturated carbocycles. The molecule has 2 aromatic carbocycles. The molecule has 0 aliphatic carbocycles. The molecule has 8 N–H and O–H groups in total. The summed E-state index contributed by atoms with van der Waals surface area (Å²) in [5.41, 5.74) is 19.3. The highest BCUT2D eigenvalue weighted by Gasteiger charge is 2.11. The number of aromatic hydroxyl groups is 2. The van der Waals surface area contributed by atoms with E-state index in [-0.39, 0.29) is 22.9 Å². The van der Waals surface area contributed by atoms with Gasteiger partial charge in [-0.25, -0.2) is 0 Å². The van der Waals surface area contributed by atoms with Crippen LogP contribution < -0.4 is 17.2 Å². The molecule has 0 atom stereocenters. The molecule has 0 radical (unpaired) electrons. The molecule has 0 aliphatic heterocycles. The van der Waals surface area contributed by atoms with Gasteiger partial charge < -0.3 is 27.4 Å². The molecule has 2 aromatic rings. The Morgan fingerprint density at radius 1 is 0.765 bits per heavy atom. The zero-order valence-electron chi connectivity index (χ0n) is 9.01. The second-order valence-electron chi connectivity index (χ2n) is 3.73. The van der Waals surface area contributed by atoms with E-state index in [1.807, 2.05) is 0 Å². The summed E-state index contributed by atoms with van der Waals surface area (Å²) in [5.74, 6) is 0.0140. The lowest BCUT2D eigenvalue weighted by Crippen LogP contribution is -1.99. The Hall–Kier alpha value is -2.56. The second-order valence-corrected chi connectivity index (χ2v) is 3.73. The minimum absolute atomic E-state index is 0.0661. The van der Waals surface area contributed by atoms with Gasteiger partial charge in [0.05, 0.1) is 11.4 Å². The first-order valence-corrected chi connectivity index (χ1v) is 4.96. The molecule has 17 heavy (non-hydrogen) atoms. The average Bonchev–Trinajstić information content (AvgIpc) is 2.28. The van der Waals surface area contributed by atoms with Gasteiger partial charge in [0.25, 0.3) is 0 Å². The summed E-state index contributed by atoms with van der Waals surface area (Å²) in [6.45, 7) is 0. The standard InChI is InChI=1S/C12H13N3O2/c13-9-5-6(16)1-2-7(9)8-3-4-10(17)12(15)11(8)14/h1-5,16-17H,13-15H2. The summed E-state index contributed by atoms with van der Waals surface area (Å²) in [4.78, 5) is 0. The van der Waals surface area contributed by atoms with Gasteiger partial charge in [-0.15, -0.1) is 0 Å². The largest absolute Gasteiger partial charge is 0.508 e. The maximum Gasteiger partial charge on any atom is 0.140 e. The molecule has 0 unspecified atom stereocenters. The van der Waals surface area contributed by atoms with Crippen molar-refractivity contribution in [3.63, 3.8) is 0 Å². The third-order valence-electron chi connectivity index (χ3n) is 2.59. The highest BCUT2D eigenvalue weighted by molar-refractivity contribution is 5.91. The van der Waals surface area contributed by atoms with Gasteiger partial charge in [0.2, 0.25) is 0 Å². The predicted octanol–water partition coefficient (Wildman–Crippen LogP) is 1.51. The van der Waals surface area contributed by atoms with Crippen molar-refractivity contribution in [1.82, 2.24) is 0 Å². The quantitative estimate of drug-likeness (QED) is 0.376. The van der Waals surface area contributed by atoms with Crippen LogP contribution in [0.1, 0.15) is 0 Å². The second kappa shape index (κ2) is 3.79. The Bertz CT molecular complexity index is 582. The average molecular weight is 231 g/mol. The summed E-state index contributed by atoms with van der Waals surface area (Å²) < 4.78 is 0. The van der Waals surface area contributed by atoms with Gasteiger partial charge in [-0.2, -0.15) is 0 Å². The van der Waals surface area contributed by atoms with E-state index >= 15 is 0 Å². The number of hydrogen-bond donors (Lipinski definition) is 5. The Kier molecular flexibility index (Phi) is 2.44. The molecule has 0 spiro atoms. The van der Waals surface area contributed by atoms with E-state index < -0.39 is 0 Å². The number of phenols is 2. The Morgan fingerprint density at radius 3 is 2.06 bits per heavy atom. The van der Waals surface area contributed by atoms with Crippen LogP contribution >= 0.6 is 0 Å². The first kappa shape index (κ1) is 10.9. The van der Waals surface area contributed by atoms with Gasteiger partial charge >= 0.3 is 0 Å². The Morgan fingerprint density at radius 2 is 1.41 bits per heavy atom. The zero-order chi connectivity index (χ0) is 12.6. The van der Waals surface area contributed by atoms with Crippen LogP contribution in [0.3, 0.4) is 0 Å². The predicted molar refractivity (Wildman–Crippen MR) is 68.4 cm³/mol. The Labute approximate surface area is 98.1 Å². The number of phenolic OH excluding ortho intramolecular Hbond substituents is 2. The zero-order valence-corrected chi connectivity index (χ0v) is 9.01. The number of nitrogen functional groups attached to an aromatic ring is 3. The molecule has 0 saturated heterocycles. The molecule has 0 aliphatic rings. The fourth-order valence-electron chi connectivity index (χ4n) is 1.66. The number of nitrogens with two attached hydrogens (primary N) is 3. The van der Waals surface area contributed by atoms with Crippen LogP contribution in [0.2, 0.25) is 0 Å². The van der Waals surface area contributed by atoms with E-state index in [1.165, 1.54) is 18.2 Å². The molecule has 0 aromatic heterocycles. The van der Waals surface area contributed by atoms with Crippen LogP contribution in [-0.4, -0.2) is 10.2 Å². The highest BCUT2D eigenvalue weighted by Crippen LogP contribution is 2.38. The number of anilines is 3. The number of hydrogen-bond acceptors (Lipinski definition) is 5. The first-order chi connectivity index (χ1) is 8.00. The van der Waals surface area contributed by atoms with Gasteiger partial charge in [-0.1, -0.05) is 0 Å². The van der Waals surface area contributed by atoms with Crippen molar-refractivity contribution >= 4 is 17.1 Å². The van der Waals surface area contributed by atoms with E-state index in [0.29, 0.717) is 16.8 Å². The summed E-state index contributed by atoms with van der Waals surface area (Å²) in [6.07, 6.45) is 0. The van der Waals surface area contributed by atoms with E-state index in [4.69, 9.17) is 17.2 Å². The molecule has 0 amide bonds. The smallest absolute Gasteiger partial charge is 0.140 e. The van der Waals surface area contributed by atoms with Gasteiger partial charge in [0.15, 0.2) is 0 Å². The van der Waals surface area contributed by atoms with Crippen molar-refractivity contribution in [3.05, 3.63) is 30.3 Å². The fourth-order valence-corrected chi connectivity index (χ4v) is 1.66. The van der Waals surface area contributed by atoms with E-state index in [9.17, 15) is 10.2 Å². The van der Waals surface area contributed by atoms with Crippen molar-refractivity contribution in [2.75, 3.05) is 17.2 Å². The van der Waals surface area contributed by atoms with Crippen molar-refractivity contribution < 1.29 is 10.2 Å². The van der Waals surface area contributed by atoms with Gasteiger partial charge in [-0.05, 0) is 24.3 Å². The summed E-state index contributed by atoms with van der Waals surface area (Å²) in [5, 5.41) is 18.7. The van der Waals surface area contributed by atoms with Crippen LogP contribution in [0.5, 0.6) is 11.5 Å². The summed E-state index contributed by atoms with van der Waals surface area (Å²) in [6, 6.07) is 7.66. The third-order valence-corrected chi connectivity index (χ3v) is 2.59. The lowest BCUT2D eigenvalue weighted by molar-refractivity contribution is 0.475. The van der Waals surface area contributed by atoms with Crippen molar-refractivity contribution in [3.8, 4) is 22.6 Å². The fraction of sp³-hybridized carbons (Fsp3) is 0. The normalized spacial score (nSPS) is 10.4. The molecule has 5 heteroatoms. The Balaban J connectivity index is 2.65. The molecular weight excluding hydrogens is 218 g/mol. The first-order valence-electron chi connectivity index (χ1n) is 4.96. The van der Waals surface area contributed by atoms with E-state index in [0.717, 1.165) is 0 Å². The lowest BCUT2D eigenvalue weighted by atomic mass is 10.0. The molecule has 2 rings (SSSR count). The van der Waals surface area contributed by atoms with Gasteiger partial charge in [0.1, 0.15) is 11.5 Å². The maximum absolute atomic E-state index is 9.41. The van der Waals surface area contributed by atoms with Crippen LogP contribution in [0.15, 0.2) is 30.3 Å². The van der Waals surface area contributed by atoms with E-state index in [1.54, 1.807) is 12.1 Å². The minimum atomic E-state index is -0.0661. The third kappa shape index (κ3) is 1.78. The number of rotatable bonds is 1. The molecule has 0 heterocycles. The SMILES string of the molecule is Nc1cc(O)ccc1-c1ccc(O)c(N)c1N. The summed E-state index contributed by atoms with van der Waals surface area (Å²) >= 11 is 0. The molecule has 5 nitrogen and oxygen atoms in total. The van der Waals surface area contributed by atoms with Gasteiger partial charge in [0, 0.05) is 22.9 Å². The van der Waals surface area contributed by atoms with E-state index in [2.05, 4.69) is 0 Å². The van der Waals surface area contributed by atoms with Crippen LogP contribution in [0.4, 0.5) is 17.1 Å². The summed E-state index contributed by atoms with van der Waals surface area (Å²) in [7, 11) is 0. The van der Waals surface area contributed by atoms with Crippen LogP contribution in [0.25, 0.3) is 11.1 Å². The molecule has 88 valence electrons. The number of benzene rings is 2. The molecular formula is C12H13N3O2. The molecule has 0 fully saturated rings. The lowest BCUT2D eigenvalue weighted by Gasteiger charge is -2.12. The monoisotopic (exact) mass is 231 g/mol. The van der Waals surface area contributed by atoms with Crippen LogP contribution in [0, 0.1) is 0 Å². The van der Waals surface area contributed by atoms with Gasteiger partial charge in [-0.3, -0.25) is 0 Å². The van der Waals surface area contributed by atoms with Crippen molar-refractivity contribution in [1.29, 1.82) is 0 Å². The highest BCUT2D eigenvalue weighted by atomic mass is 16.3. The minimum Gasteiger partial charge on any atom is -0.508 e. The van der Waals surface area contributed by atoms with Crippen LogP contribution in [-0.2, 0) is 0 Å². The molecule has 0 bridgehead atoms. The topological polar surface area (TPSA) is 119 Å².